The summed E-state index contributed by atoms with van der Waals surface area (Å²) in [4.78, 5) is 0.0241. The molecule has 0 spiro atoms. The molecule has 0 aliphatic rings. The van der Waals surface area contributed by atoms with Gasteiger partial charge in [-0.25, -0.2) is 17.5 Å². The van der Waals surface area contributed by atoms with Gasteiger partial charge in [0.25, 0.3) is 0 Å². The third kappa shape index (κ3) is 3.44. The minimum absolute atomic E-state index is 0.0241. The average Bonchev–Trinajstić information content (AvgIpc) is 2.43. The van der Waals surface area contributed by atoms with Crippen molar-refractivity contribution >= 4 is 38.7 Å². The van der Waals surface area contributed by atoms with Crippen LogP contribution in [0.5, 0.6) is 0 Å². The first-order chi connectivity index (χ1) is 9.83. The number of benzene rings is 2. The van der Waals surface area contributed by atoms with Crippen LogP contribution in [-0.4, -0.2) is 15.5 Å². The van der Waals surface area contributed by atoms with E-state index < -0.39 is 15.8 Å². The third-order valence-electron chi connectivity index (χ3n) is 2.80. The number of halogens is 2. The molecule has 0 saturated heterocycles. The lowest BCUT2D eigenvalue weighted by Crippen LogP contribution is -2.18. The molecule has 0 amide bonds. The highest BCUT2D eigenvalue weighted by molar-refractivity contribution is 7.89. The molecule has 2 rings (SSSR count). The molecule has 2 aromatic rings. The average molecular weight is 330 g/mol. The summed E-state index contributed by atoms with van der Waals surface area (Å²) in [6.07, 6.45) is 0. The van der Waals surface area contributed by atoms with Gasteiger partial charge in [-0.1, -0.05) is 11.6 Å². The SMILES string of the molecule is CNS(=O)(=O)c1ccc(N)c(Nc2ccc(Cl)cc2F)c1. The molecular weight excluding hydrogens is 317 g/mol. The number of nitrogen functional groups attached to an aromatic ring is 1. The van der Waals surface area contributed by atoms with Crippen LogP contribution >= 0.6 is 11.6 Å². The van der Waals surface area contributed by atoms with Gasteiger partial charge in [-0.15, -0.1) is 0 Å². The normalized spacial score (nSPS) is 11.4. The van der Waals surface area contributed by atoms with E-state index in [1.807, 2.05) is 0 Å². The minimum atomic E-state index is -3.61. The standard InChI is InChI=1S/C13H13ClFN3O2S/c1-17-21(19,20)9-3-4-11(16)13(7-9)18-12-5-2-8(14)6-10(12)15/h2-7,17-18H,16H2,1H3. The molecular formula is C13H13ClFN3O2S. The Hall–Kier alpha value is -1.83. The second-order valence-corrected chi connectivity index (χ2v) is 6.53. The lowest BCUT2D eigenvalue weighted by atomic mass is 10.2. The fraction of sp³-hybridized carbons (Fsp3) is 0.0769. The summed E-state index contributed by atoms with van der Waals surface area (Å²) in [6, 6.07) is 8.22. The van der Waals surface area contributed by atoms with Crippen molar-refractivity contribution in [1.82, 2.24) is 4.72 Å². The highest BCUT2D eigenvalue weighted by atomic mass is 35.5. The highest BCUT2D eigenvalue weighted by Crippen LogP contribution is 2.28. The summed E-state index contributed by atoms with van der Waals surface area (Å²) in [7, 11) is -2.30. The van der Waals surface area contributed by atoms with Crippen LogP contribution in [0.4, 0.5) is 21.5 Å². The number of anilines is 3. The molecule has 0 radical (unpaired) electrons. The molecule has 2 aromatic carbocycles. The molecule has 112 valence electrons. The molecule has 5 nitrogen and oxygen atoms in total. The van der Waals surface area contributed by atoms with Gasteiger partial charge in [-0.2, -0.15) is 0 Å². The van der Waals surface area contributed by atoms with Crippen molar-refractivity contribution in [2.45, 2.75) is 4.90 Å². The molecule has 4 N–H and O–H groups in total. The molecule has 8 heteroatoms. The Morgan fingerprint density at radius 3 is 2.48 bits per heavy atom. The molecule has 21 heavy (non-hydrogen) atoms. The molecule has 0 atom stereocenters. The van der Waals surface area contributed by atoms with Gasteiger partial charge in [0.15, 0.2) is 0 Å². The van der Waals surface area contributed by atoms with Crippen LogP contribution in [0.3, 0.4) is 0 Å². The van der Waals surface area contributed by atoms with E-state index in [2.05, 4.69) is 10.0 Å². The largest absolute Gasteiger partial charge is 0.397 e. The Labute approximate surface area is 127 Å². The second-order valence-electron chi connectivity index (χ2n) is 4.21. The zero-order chi connectivity index (χ0) is 15.6. The van der Waals surface area contributed by atoms with Crippen molar-refractivity contribution < 1.29 is 12.8 Å². The Kier molecular flexibility index (Phi) is 4.36. The molecule has 0 aliphatic carbocycles. The maximum absolute atomic E-state index is 13.8. The van der Waals surface area contributed by atoms with Crippen LogP contribution < -0.4 is 15.8 Å². The minimum Gasteiger partial charge on any atom is -0.397 e. The quantitative estimate of drug-likeness (QED) is 0.753. The van der Waals surface area contributed by atoms with Crippen LogP contribution in [0, 0.1) is 5.82 Å². The molecule has 0 fully saturated rings. The van der Waals surface area contributed by atoms with E-state index in [1.165, 1.54) is 37.4 Å². The molecule has 0 unspecified atom stereocenters. The second kappa shape index (κ2) is 5.88. The van der Waals surface area contributed by atoms with Gasteiger partial charge in [0.2, 0.25) is 10.0 Å². The van der Waals surface area contributed by atoms with E-state index in [-0.39, 0.29) is 21.3 Å². The van der Waals surface area contributed by atoms with Crippen LogP contribution in [0.1, 0.15) is 0 Å². The fourth-order valence-corrected chi connectivity index (χ4v) is 2.58. The molecule has 0 heterocycles. The summed E-state index contributed by atoms with van der Waals surface area (Å²) in [6.45, 7) is 0. The number of sulfonamides is 1. The van der Waals surface area contributed by atoms with Gasteiger partial charge in [0, 0.05) is 5.02 Å². The fourth-order valence-electron chi connectivity index (χ4n) is 1.66. The predicted molar refractivity (Wildman–Crippen MR) is 81.8 cm³/mol. The number of hydrogen-bond acceptors (Lipinski definition) is 4. The van der Waals surface area contributed by atoms with Gasteiger partial charge >= 0.3 is 0 Å². The zero-order valence-electron chi connectivity index (χ0n) is 11.0. The summed E-state index contributed by atoms with van der Waals surface area (Å²) in [5, 5.41) is 3.02. The first kappa shape index (κ1) is 15.6. The van der Waals surface area contributed by atoms with Crippen molar-refractivity contribution in [2.75, 3.05) is 18.1 Å². The van der Waals surface area contributed by atoms with Crippen LogP contribution in [0.2, 0.25) is 5.02 Å². The Balaban J connectivity index is 2.42. The van der Waals surface area contributed by atoms with Gasteiger partial charge in [-0.05, 0) is 43.4 Å². The van der Waals surface area contributed by atoms with Crippen molar-refractivity contribution in [2.24, 2.45) is 0 Å². The van der Waals surface area contributed by atoms with Crippen molar-refractivity contribution in [3.8, 4) is 0 Å². The molecule has 0 saturated carbocycles. The Morgan fingerprint density at radius 1 is 1.14 bits per heavy atom. The summed E-state index contributed by atoms with van der Waals surface area (Å²) in [5.74, 6) is -0.566. The maximum Gasteiger partial charge on any atom is 0.240 e. The van der Waals surface area contributed by atoms with Gasteiger partial charge < -0.3 is 11.1 Å². The number of rotatable bonds is 4. The maximum atomic E-state index is 13.8. The third-order valence-corrected chi connectivity index (χ3v) is 4.45. The van der Waals surface area contributed by atoms with E-state index >= 15 is 0 Å². The van der Waals surface area contributed by atoms with Crippen molar-refractivity contribution in [3.63, 3.8) is 0 Å². The first-order valence-electron chi connectivity index (χ1n) is 5.88. The van der Waals surface area contributed by atoms with E-state index in [9.17, 15) is 12.8 Å². The highest BCUT2D eigenvalue weighted by Gasteiger charge is 2.14. The molecule has 0 aliphatic heterocycles. The van der Waals surface area contributed by atoms with E-state index in [0.29, 0.717) is 5.69 Å². The van der Waals surface area contributed by atoms with E-state index in [0.717, 1.165) is 6.07 Å². The monoisotopic (exact) mass is 329 g/mol. The summed E-state index contributed by atoms with van der Waals surface area (Å²) in [5.41, 5.74) is 6.50. The number of nitrogens with two attached hydrogens (primary N) is 1. The van der Waals surface area contributed by atoms with Crippen molar-refractivity contribution in [1.29, 1.82) is 0 Å². The van der Waals surface area contributed by atoms with Crippen LogP contribution in [-0.2, 0) is 10.0 Å². The molecule has 0 aromatic heterocycles. The lowest BCUT2D eigenvalue weighted by Gasteiger charge is -2.12. The number of hydrogen-bond donors (Lipinski definition) is 3. The predicted octanol–water partition coefficient (Wildman–Crippen LogP) is 2.71. The van der Waals surface area contributed by atoms with Crippen LogP contribution in [0.25, 0.3) is 0 Å². The number of nitrogens with one attached hydrogen (secondary N) is 2. The van der Waals surface area contributed by atoms with Gasteiger partial charge in [0.05, 0.1) is 22.0 Å². The van der Waals surface area contributed by atoms with E-state index in [1.54, 1.807) is 0 Å². The smallest absolute Gasteiger partial charge is 0.240 e. The molecule has 0 bridgehead atoms. The zero-order valence-corrected chi connectivity index (χ0v) is 12.6. The van der Waals surface area contributed by atoms with Crippen molar-refractivity contribution in [3.05, 3.63) is 47.2 Å². The first-order valence-corrected chi connectivity index (χ1v) is 7.75. The summed E-state index contributed by atoms with van der Waals surface area (Å²) < 4.78 is 39.5. The van der Waals surface area contributed by atoms with E-state index in [4.69, 9.17) is 17.3 Å². The lowest BCUT2D eigenvalue weighted by molar-refractivity contribution is 0.588. The van der Waals surface area contributed by atoms with Crippen LogP contribution in [0.15, 0.2) is 41.3 Å². The van der Waals surface area contributed by atoms with Gasteiger partial charge in [-0.3, -0.25) is 0 Å². The summed E-state index contributed by atoms with van der Waals surface area (Å²) >= 11 is 5.68. The Morgan fingerprint density at radius 2 is 1.86 bits per heavy atom. The van der Waals surface area contributed by atoms with Gasteiger partial charge in [0.1, 0.15) is 5.82 Å². The Bertz CT molecular complexity index is 781. The topological polar surface area (TPSA) is 84.2 Å².